The zero-order valence-electron chi connectivity index (χ0n) is 12.5. The van der Waals surface area contributed by atoms with Crippen molar-refractivity contribution >= 4 is 0 Å². The molecule has 0 atom stereocenters. The van der Waals surface area contributed by atoms with Crippen LogP contribution in [0, 0.1) is 0 Å². The molecule has 108 valence electrons. The van der Waals surface area contributed by atoms with Gasteiger partial charge in [0, 0.05) is 6.04 Å². The van der Waals surface area contributed by atoms with E-state index in [1.165, 1.54) is 44.9 Å². The van der Waals surface area contributed by atoms with Crippen molar-refractivity contribution < 1.29 is 5.11 Å². The molecule has 0 radical (unpaired) electrons. The second-order valence-electron chi connectivity index (χ2n) is 6.16. The van der Waals surface area contributed by atoms with Gasteiger partial charge in [-0.3, -0.25) is 0 Å². The highest BCUT2D eigenvalue weighted by Crippen LogP contribution is 2.32. The lowest BCUT2D eigenvalue weighted by Crippen LogP contribution is -2.40. The van der Waals surface area contributed by atoms with Gasteiger partial charge in [0.1, 0.15) is 0 Å². The van der Waals surface area contributed by atoms with Crippen LogP contribution in [-0.4, -0.2) is 23.8 Å². The Morgan fingerprint density at radius 2 is 1.56 bits per heavy atom. The molecule has 0 heterocycles. The van der Waals surface area contributed by atoms with Crippen LogP contribution in [0.15, 0.2) is 0 Å². The Hall–Kier alpha value is -0.0800. The van der Waals surface area contributed by atoms with E-state index >= 15 is 0 Å². The van der Waals surface area contributed by atoms with E-state index < -0.39 is 0 Å². The molecule has 0 saturated heterocycles. The lowest BCUT2D eigenvalue weighted by Gasteiger charge is -2.36. The average Bonchev–Trinajstić information content (AvgIpc) is 2.39. The molecule has 1 saturated carbocycles. The third kappa shape index (κ3) is 6.19. The molecule has 0 aromatic heterocycles. The predicted octanol–water partition coefficient (Wildman–Crippen LogP) is 4.02. The second kappa shape index (κ2) is 8.92. The molecule has 1 rings (SSSR count). The first kappa shape index (κ1) is 16.0. The maximum atomic E-state index is 10.5. The third-order valence-corrected chi connectivity index (χ3v) is 4.57. The topological polar surface area (TPSA) is 32.3 Å². The molecule has 18 heavy (non-hydrogen) atoms. The van der Waals surface area contributed by atoms with Crippen LogP contribution >= 0.6 is 0 Å². The van der Waals surface area contributed by atoms with E-state index in [-0.39, 0.29) is 5.60 Å². The normalized spacial score (nSPS) is 28.5. The fourth-order valence-corrected chi connectivity index (χ4v) is 3.10. The van der Waals surface area contributed by atoms with E-state index in [0.717, 1.165) is 32.1 Å². The molecule has 0 amide bonds. The zero-order valence-corrected chi connectivity index (χ0v) is 12.5. The number of unbranched alkanes of at least 4 members (excludes halogenated alkanes) is 6. The van der Waals surface area contributed by atoms with Gasteiger partial charge in [-0.1, -0.05) is 51.9 Å². The Morgan fingerprint density at radius 3 is 2.11 bits per heavy atom. The van der Waals surface area contributed by atoms with Crippen molar-refractivity contribution in [2.75, 3.05) is 7.05 Å². The number of aliphatic hydroxyl groups is 1. The van der Waals surface area contributed by atoms with Gasteiger partial charge in [0.05, 0.1) is 5.60 Å². The SMILES string of the molecule is CCCCCCCCCC1(O)CCC(NC)CC1. The number of hydrogen-bond donors (Lipinski definition) is 2. The summed E-state index contributed by atoms with van der Waals surface area (Å²) in [7, 11) is 2.03. The van der Waals surface area contributed by atoms with Gasteiger partial charge in [0.15, 0.2) is 0 Å². The summed E-state index contributed by atoms with van der Waals surface area (Å²) in [5.41, 5.74) is -0.337. The van der Waals surface area contributed by atoms with Crippen molar-refractivity contribution in [2.24, 2.45) is 0 Å². The van der Waals surface area contributed by atoms with Crippen molar-refractivity contribution in [3.8, 4) is 0 Å². The maximum Gasteiger partial charge on any atom is 0.0649 e. The minimum absolute atomic E-state index is 0.337. The number of nitrogens with one attached hydrogen (secondary N) is 1. The van der Waals surface area contributed by atoms with Crippen LogP contribution in [0.2, 0.25) is 0 Å². The summed E-state index contributed by atoms with van der Waals surface area (Å²) in [4.78, 5) is 0. The molecule has 0 spiro atoms. The first-order chi connectivity index (χ1) is 8.70. The minimum atomic E-state index is -0.337. The molecule has 1 aliphatic rings. The Kier molecular flexibility index (Phi) is 7.92. The summed E-state index contributed by atoms with van der Waals surface area (Å²) < 4.78 is 0. The molecule has 0 bridgehead atoms. The quantitative estimate of drug-likeness (QED) is 0.610. The number of rotatable bonds is 9. The highest BCUT2D eigenvalue weighted by atomic mass is 16.3. The molecule has 1 fully saturated rings. The van der Waals surface area contributed by atoms with E-state index in [4.69, 9.17) is 0 Å². The molecule has 0 aliphatic heterocycles. The lowest BCUT2D eigenvalue weighted by atomic mass is 9.79. The lowest BCUT2D eigenvalue weighted by molar-refractivity contribution is -0.0124. The summed E-state index contributed by atoms with van der Waals surface area (Å²) in [5.74, 6) is 0. The minimum Gasteiger partial charge on any atom is -0.390 e. The van der Waals surface area contributed by atoms with Crippen molar-refractivity contribution in [1.29, 1.82) is 0 Å². The van der Waals surface area contributed by atoms with Crippen LogP contribution in [-0.2, 0) is 0 Å². The van der Waals surface area contributed by atoms with E-state index in [2.05, 4.69) is 12.2 Å². The van der Waals surface area contributed by atoms with Crippen LogP contribution in [0.4, 0.5) is 0 Å². The van der Waals surface area contributed by atoms with Gasteiger partial charge >= 0.3 is 0 Å². The molecular formula is C16H33NO. The van der Waals surface area contributed by atoms with E-state index in [1.807, 2.05) is 7.05 Å². The summed E-state index contributed by atoms with van der Waals surface area (Å²) >= 11 is 0. The maximum absolute atomic E-state index is 10.5. The van der Waals surface area contributed by atoms with Crippen LogP contribution in [0.1, 0.15) is 84.0 Å². The smallest absolute Gasteiger partial charge is 0.0649 e. The molecule has 1 aliphatic carbocycles. The average molecular weight is 255 g/mol. The first-order valence-corrected chi connectivity index (χ1v) is 8.10. The summed E-state index contributed by atoms with van der Waals surface area (Å²) in [6, 6.07) is 0.638. The molecule has 0 unspecified atom stereocenters. The Labute approximate surface area is 114 Å². The van der Waals surface area contributed by atoms with E-state index in [0.29, 0.717) is 6.04 Å². The van der Waals surface area contributed by atoms with Crippen molar-refractivity contribution in [2.45, 2.75) is 95.6 Å². The van der Waals surface area contributed by atoms with Gasteiger partial charge in [-0.25, -0.2) is 0 Å². The highest BCUT2D eigenvalue weighted by Gasteiger charge is 2.31. The highest BCUT2D eigenvalue weighted by molar-refractivity contribution is 4.87. The van der Waals surface area contributed by atoms with Gasteiger partial charge < -0.3 is 10.4 Å². The van der Waals surface area contributed by atoms with Gasteiger partial charge in [0.2, 0.25) is 0 Å². The van der Waals surface area contributed by atoms with E-state index in [9.17, 15) is 5.11 Å². The van der Waals surface area contributed by atoms with Crippen LogP contribution < -0.4 is 5.32 Å². The second-order valence-corrected chi connectivity index (χ2v) is 6.16. The predicted molar refractivity (Wildman–Crippen MR) is 78.9 cm³/mol. The van der Waals surface area contributed by atoms with Crippen molar-refractivity contribution in [3.05, 3.63) is 0 Å². The monoisotopic (exact) mass is 255 g/mol. The van der Waals surface area contributed by atoms with Gasteiger partial charge in [0.25, 0.3) is 0 Å². The van der Waals surface area contributed by atoms with Crippen LogP contribution in [0.25, 0.3) is 0 Å². The van der Waals surface area contributed by atoms with Gasteiger partial charge in [-0.05, 0) is 39.2 Å². The molecular weight excluding hydrogens is 222 g/mol. The standard InChI is InChI=1S/C16H33NO/c1-3-4-5-6-7-8-9-12-16(18)13-10-15(17-2)11-14-16/h15,17-18H,3-14H2,1-2H3. The molecule has 2 heteroatoms. The summed E-state index contributed by atoms with van der Waals surface area (Å²) in [6.07, 6.45) is 14.7. The molecule has 2 N–H and O–H groups in total. The fraction of sp³-hybridized carbons (Fsp3) is 1.00. The summed E-state index contributed by atoms with van der Waals surface area (Å²) in [6.45, 7) is 2.26. The molecule has 0 aromatic rings. The van der Waals surface area contributed by atoms with Crippen LogP contribution in [0.3, 0.4) is 0 Å². The Bertz CT molecular complexity index is 197. The van der Waals surface area contributed by atoms with Crippen molar-refractivity contribution in [1.82, 2.24) is 5.32 Å². The number of hydrogen-bond acceptors (Lipinski definition) is 2. The first-order valence-electron chi connectivity index (χ1n) is 8.10. The summed E-state index contributed by atoms with van der Waals surface area (Å²) in [5, 5.41) is 13.8. The molecule has 2 nitrogen and oxygen atoms in total. The molecule has 0 aromatic carbocycles. The van der Waals surface area contributed by atoms with Crippen molar-refractivity contribution in [3.63, 3.8) is 0 Å². The van der Waals surface area contributed by atoms with Gasteiger partial charge in [-0.2, -0.15) is 0 Å². The van der Waals surface area contributed by atoms with E-state index in [1.54, 1.807) is 0 Å². The third-order valence-electron chi connectivity index (χ3n) is 4.57. The van der Waals surface area contributed by atoms with Gasteiger partial charge in [-0.15, -0.1) is 0 Å². The fourth-order valence-electron chi connectivity index (χ4n) is 3.10. The zero-order chi connectivity index (χ0) is 13.3. The largest absolute Gasteiger partial charge is 0.390 e. The van der Waals surface area contributed by atoms with Crippen LogP contribution in [0.5, 0.6) is 0 Å². The Balaban J connectivity index is 2.01. The Morgan fingerprint density at radius 1 is 1.00 bits per heavy atom.